The summed E-state index contributed by atoms with van der Waals surface area (Å²) in [5.41, 5.74) is -5.62. The van der Waals surface area contributed by atoms with Gasteiger partial charge in [-0.2, -0.15) is 4.39 Å². The zero-order valence-electron chi connectivity index (χ0n) is 14.9. The molecule has 4 N–H and O–H groups in total. The average molecular weight is 516 g/mol. The van der Waals surface area contributed by atoms with Gasteiger partial charge >= 0.3 is 13.5 Å². The Balaban J connectivity index is 2.17. The van der Waals surface area contributed by atoms with Crippen LogP contribution in [0.3, 0.4) is 0 Å². The lowest BCUT2D eigenvalue weighted by atomic mass is 9.98. The molecule has 0 bridgehead atoms. The maximum Gasteiger partial charge on any atom is 0.478 e. The van der Waals surface area contributed by atoms with Gasteiger partial charge in [-0.15, -0.1) is 0 Å². The molecular formula is C10H13F2N2O14P3-2. The van der Waals surface area contributed by atoms with Crippen molar-refractivity contribution >= 4 is 23.5 Å². The molecule has 7 atom stereocenters. The number of nitrogens with one attached hydrogen (secondary N) is 1. The van der Waals surface area contributed by atoms with Gasteiger partial charge in [-0.3, -0.25) is 28.0 Å². The summed E-state index contributed by atoms with van der Waals surface area (Å²) in [6.07, 6.45) is -5.90. The summed E-state index contributed by atoms with van der Waals surface area (Å²) in [6, 6.07) is 0. The Morgan fingerprint density at radius 2 is 1.87 bits per heavy atom. The standard InChI is InChI=1S/C10H15F2N2O14P3/c1-10(12)6(15)5(26-8(10)14-2-4(11)7(16)13-9(14)17)3-25-30(21,22)28-31(23,24)27-29(18,19)20/h2,5-6,8,15H,3H2,1H3,(H,21,22)(H,23,24)(H,13,16,17)(H2,18,19,20)/p-2/t5-,6-,8-,10-/m1/s1. The number of nitrogens with zero attached hydrogens (tertiary/aromatic N) is 1. The maximum atomic E-state index is 14.9. The van der Waals surface area contributed by atoms with Crippen LogP contribution in [0.2, 0.25) is 0 Å². The minimum absolute atomic E-state index is 0.238. The van der Waals surface area contributed by atoms with Gasteiger partial charge < -0.3 is 29.4 Å². The van der Waals surface area contributed by atoms with Crippen molar-refractivity contribution in [1.82, 2.24) is 9.55 Å². The van der Waals surface area contributed by atoms with E-state index in [2.05, 4.69) is 13.1 Å². The van der Waals surface area contributed by atoms with Crippen molar-refractivity contribution in [3.63, 3.8) is 0 Å². The lowest BCUT2D eigenvalue weighted by molar-refractivity contribution is -0.236. The summed E-state index contributed by atoms with van der Waals surface area (Å²) in [4.78, 5) is 63.5. The molecule has 1 aliphatic rings. The third kappa shape index (κ3) is 6.44. The smallest absolute Gasteiger partial charge is 0.478 e. The molecule has 178 valence electrons. The number of H-pyrrole nitrogens is 1. The first kappa shape index (κ1) is 26.1. The van der Waals surface area contributed by atoms with E-state index in [1.807, 2.05) is 0 Å². The molecule has 1 fully saturated rings. The zero-order chi connectivity index (χ0) is 24.0. The van der Waals surface area contributed by atoms with Crippen LogP contribution in [0.5, 0.6) is 0 Å². The molecule has 16 nitrogen and oxygen atoms in total. The first-order valence-corrected chi connectivity index (χ1v) is 12.1. The molecule has 2 heterocycles. The van der Waals surface area contributed by atoms with Crippen molar-refractivity contribution < 1.29 is 65.0 Å². The van der Waals surface area contributed by atoms with Crippen molar-refractivity contribution in [2.45, 2.75) is 31.0 Å². The van der Waals surface area contributed by atoms with Crippen molar-refractivity contribution in [3.8, 4) is 0 Å². The number of aliphatic hydroxyl groups is 1. The number of alkyl halides is 1. The zero-order valence-corrected chi connectivity index (χ0v) is 17.6. The van der Waals surface area contributed by atoms with Gasteiger partial charge in [-0.1, -0.05) is 0 Å². The molecular weight excluding hydrogens is 503 g/mol. The van der Waals surface area contributed by atoms with Crippen molar-refractivity contribution in [1.29, 1.82) is 0 Å². The van der Waals surface area contributed by atoms with E-state index in [9.17, 15) is 51.9 Å². The third-order valence-electron chi connectivity index (χ3n) is 3.70. The Labute approximate surface area is 169 Å². The Kier molecular flexibility index (Phi) is 7.30. The molecule has 0 saturated carbocycles. The number of hydrogen-bond acceptors (Lipinski definition) is 12. The van der Waals surface area contributed by atoms with E-state index < -0.39 is 71.2 Å². The summed E-state index contributed by atoms with van der Waals surface area (Å²) >= 11 is 0. The Bertz CT molecular complexity index is 1100. The van der Waals surface area contributed by atoms with Gasteiger partial charge in [-0.05, 0) is 6.92 Å². The first-order valence-electron chi connectivity index (χ1n) is 7.63. The number of aliphatic hydroxyl groups excluding tert-OH is 1. The van der Waals surface area contributed by atoms with Gasteiger partial charge in [0.25, 0.3) is 21.2 Å². The number of phosphoric ester groups is 1. The summed E-state index contributed by atoms with van der Waals surface area (Å²) in [5, 5.41) is 10.0. The van der Waals surface area contributed by atoms with Crippen molar-refractivity contribution in [2.24, 2.45) is 0 Å². The fourth-order valence-electron chi connectivity index (χ4n) is 2.44. The number of rotatable bonds is 8. The molecule has 0 aliphatic carbocycles. The Hall–Kier alpha value is -1.13. The monoisotopic (exact) mass is 516 g/mol. The molecule has 0 radical (unpaired) electrons. The summed E-state index contributed by atoms with van der Waals surface area (Å²) in [7, 11) is -17.8. The van der Waals surface area contributed by atoms with Crippen LogP contribution in [0.1, 0.15) is 13.2 Å². The summed E-state index contributed by atoms with van der Waals surface area (Å²) in [6.45, 7) is -0.584. The van der Waals surface area contributed by atoms with Crippen LogP contribution >= 0.6 is 23.5 Å². The van der Waals surface area contributed by atoms with E-state index >= 15 is 0 Å². The highest BCUT2D eigenvalue weighted by molar-refractivity contribution is 7.65. The van der Waals surface area contributed by atoms with Gasteiger partial charge in [0, 0.05) is 0 Å². The van der Waals surface area contributed by atoms with Gasteiger partial charge in [0.05, 0.1) is 12.8 Å². The van der Waals surface area contributed by atoms with Crippen molar-refractivity contribution in [3.05, 3.63) is 32.9 Å². The minimum atomic E-state index is -6.13. The van der Waals surface area contributed by atoms with Crippen LogP contribution in [-0.2, 0) is 31.6 Å². The van der Waals surface area contributed by atoms with Crippen LogP contribution in [0.4, 0.5) is 8.78 Å². The second kappa shape index (κ2) is 8.67. The maximum absolute atomic E-state index is 14.9. The van der Waals surface area contributed by atoms with Gasteiger partial charge in [0.2, 0.25) is 5.82 Å². The van der Waals surface area contributed by atoms with Gasteiger partial charge in [0.1, 0.15) is 12.2 Å². The molecule has 0 amide bonds. The van der Waals surface area contributed by atoms with E-state index in [0.717, 1.165) is 0 Å². The SMILES string of the molecule is C[C@@]1(F)[C@H](O)[C@@H](COP(=O)(O)OP(=O)([O-])OP(=O)([O-])O)O[C@H]1n1cc(F)c(=O)[nH]c1=O. The summed E-state index contributed by atoms with van der Waals surface area (Å²) in [5.74, 6) is -1.51. The molecule has 1 aliphatic heterocycles. The Morgan fingerprint density at radius 3 is 2.42 bits per heavy atom. The normalized spacial score (nSPS) is 32.2. The van der Waals surface area contributed by atoms with E-state index in [0.29, 0.717) is 6.92 Å². The average Bonchev–Trinajstić information content (AvgIpc) is 2.76. The molecule has 1 saturated heterocycles. The fraction of sp³-hybridized carbons (Fsp3) is 0.600. The number of ether oxygens (including phenoxy) is 1. The molecule has 1 aromatic heterocycles. The predicted octanol–water partition coefficient (Wildman–Crippen LogP) is -2.26. The number of phosphoric acid groups is 3. The lowest BCUT2D eigenvalue weighted by Crippen LogP contribution is -2.44. The molecule has 1 aromatic rings. The number of hydrogen-bond donors (Lipinski definition) is 4. The lowest BCUT2D eigenvalue weighted by Gasteiger charge is -2.28. The second-order valence-electron chi connectivity index (χ2n) is 6.11. The molecule has 31 heavy (non-hydrogen) atoms. The fourth-order valence-corrected chi connectivity index (χ4v) is 5.38. The molecule has 3 unspecified atom stereocenters. The minimum Gasteiger partial charge on any atom is -0.756 e. The molecule has 0 spiro atoms. The third-order valence-corrected chi connectivity index (χ3v) is 7.43. The van der Waals surface area contributed by atoms with Crippen LogP contribution in [0, 0.1) is 5.82 Å². The molecule has 2 rings (SSSR count). The molecule has 0 aromatic carbocycles. The number of aromatic nitrogens is 2. The topological polar surface area (TPSA) is 250 Å². The van der Waals surface area contributed by atoms with E-state index in [1.54, 1.807) is 0 Å². The largest absolute Gasteiger partial charge is 0.756 e. The first-order chi connectivity index (χ1) is 13.8. The van der Waals surface area contributed by atoms with Crippen LogP contribution < -0.4 is 21.0 Å². The summed E-state index contributed by atoms with van der Waals surface area (Å²) < 4.78 is 77.5. The van der Waals surface area contributed by atoms with Gasteiger partial charge in [-0.25, -0.2) is 22.4 Å². The highest BCUT2D eigenvalue weighted by atomic mass is 31.3. The number of aromatic amines is 1. The highest BCUT2D eigenvalue weighted by Crippen LogP contribution is 2.63. The van der Waals surface area contributed by atoms with Crippen LogP contribution in [-0.4, -0.2) is 48.9 Å². The van der Waals surface area contributed by atoms with Crippen LogP contribution in [0.25, 0.3) is 0 Å². The number of halogens is 2. The second-order valence-corrected chi connectivity index (χ2v) is 10.4. The highest BCUT2D eigenvalue weighted by Gasteiger charge is 2.56. The molecule has 21 heteroatoms. The Morgan fingerprint density at radius 1 is 1.29 bits per heavy atom. The van der Waals surface area contributed by atoms with E-state index in [4.69, 9.17) is 9.63 Å². The van der Waals surface area contributed by atoms with Crippen LogP contribution in [0.15, 0.2) is 15.8 Å². The van der Waals surface area contributed by atoms with Crippen molar-refractivity contribution in [2.75, 3.05) is 6.61 Å². The van der Waals surface area contributed by atoms with E-state index in [-0.39, 0.29) is 10.8 Å². The quantitative estimate of drug-likeness (QED) is 0.266. The predicted molar refractivity (Wildman–Crippen MR) is 86.1 cm³/mol. The van der Waals surface area contributed by atoms with E-state index in [1.165, 1.54) is 4.98 Å². The van der Waals surface area contributed by atoms with Gasteiger partial charge in [0.15, 0.2) is 11.9 Å².